The number of nitrogens with one attached hydrogen (secondary N) is 1. The molecule has 1 saturated heterocycles. The van der Waals surface area contributed by atoms with Crippen molar-refractivity contribution in [2.24, 2.45) is 0 Å². The standard InChI is InChI=1S/C23H26FN3O4S/c1-2-20(31-21(28)4-3-7-27-8-10-30-11-9-27)19-14-32-23(26-19)22(29)17-13-25-18-12-15(24)5-6-16(17)18/h5-6,12-14,20,25H,2-4,7-11H2,1H3/t20-/m0/s1. The van der Waals surface area contributed by atoms with Crippen LogP contribution in [0.5, 0.6) is 0 Å². The second-order valence-electron chi connectivity index (χ2n) is 7.74. The average molecular weight is 460 g/mol. The molecule has 0 spiro atoms. The summed E-state index contributed by atoms with van der Waals surface area (Å²) in [7, 11) is 0. The van der Waals surface area contributed by atoms with Crippen molar-refractivity contribution in [3.05, 3.63) is 51.9 Å². The molecule has 0 saturated carbocycles. The number of aromatic nitrogens is 2. The van der Waals surface area contributed by atoms with Crippen molar-refractivity contribution in [2.45, 2.75) is 32.3 Å². The Morgan fingerprint density at radius 1 is 1.34 bits per heavy atom. The molecule has 9 heteroatoms. The lowest BCUT2D eigenvalue weighted by Gasteiger charge is -2.26. The van der Waals surface area contributed by atoms with Gasteiger partial charge in [-0.05, 0) is 37.6 Å². The second kappa shape index (κ2) is 10.3. The average Bonchev–Trinajstić information content (AvgIpc) is 3.45. The van der Waals surface area contributed by atoms with Crippen LogP contribution < -0.4 is 0 Å². The summed E-state index contributed by atoms with van der Waals surface area (Å²) in [5.41, 5.74) is 1.57. The lowest BCUT2D eigenvalue weighted by Crippen LogP contribution is -2.37. The molecule has 32 heavy (non-hydrogen) atoms. The van der Waals surface area contributed by atoms with Crippen molar-refractivity contribution in [2.75, 3.05) is 32.8 Å². The van der Waals surface area contributed by atoms with Crippen LogP contribution in [0.3, 0.4) is 0 Å². The van der Waals surface area contributed by atoms with Crippen molar-refractivity contribution in [3.8, 4) is 0 Å². The quantitative estimate of drug-likeness (QED) is 0.383. The van der Waals surface area contributed by atoms with Crippen LogP contribution in [-0.2, 0) is 14.3 Å². The van der Waals surface area contributed by atoms with Crippen LogP contribution in [0.25, 0.3) is 10.9 Å². The van der Waals surface area contributed by atoms with E-state index in [0.29, 0.717) is 40.0 Å². The molecule has 1 aliphatic heterocycles. The van der Waals surface area contributed by atoms with Crippen molar-refractivity contribution in [1.82, 2.24) is 14.9 Å². The highest BCUT2D eigenvalue weighted by atomic mass is 32.1. The molecule has 1 aliphatic rings. The van der Waals surface area contributed by atoms with Crippen LogP contribution in [0, 0.1) is 5.82 Å². The van der Waals surface area contributed by atoms with Gasteiger partial charge in [0.25, 0.3) is 0 Å². The molecule has 0 unspecified atom stereocenters. The number of H-pyrrole nitrogens is 1. The summed E-state index contributed by atoms with van der Waals surface area (Å²) in [5.74, 6) is -0.872. The van der Waals surface area contributed by atoms with Gasteiger partial charge in [-0.1, -0.05) is 6.92 Å². The Balaban J connectivity index is 1.36. The van der Waals surface area contributed by atoms with E-state index in [1.807, 2.05) is 6.92 Å². The predicted molar refractivity (Wildman–Crippen MR) is 119 cm³/mol. The number of ketones is 1. The third-order valence-electron chi connectivity index (χ3n) is 5.54. The molecular formula is C23H26FN3O4S. The Morgan fingerprint density at radius 3 is 2.94 bits per heavy atom. The maximum Gasteiger partial charge on any atom is 0.306 e. The van der Waals surface area contributed by atoms with Crippen molar-refractivity contribution < 1.29 is 23.5 Å². The minimum Gasteiger partial charge on any atom is -0.456 e. The van der Waals surface area contributed by atoms with Gasteiger partial charge in [0, 0.05) is 42.0 Å². The van der Waals surface area contributed by atoms with Crippen molar-refractivity contribution >= 4 is 34.0 Å². The van der Waals surface area contributed by atoms with E-state index < -0.39 is 6.10 Å². The van der Waals surface area contributed by atoms with Crippen LogP contribution in [0.2, 0.25) is 0 Å². The fourth-order valence-electron chi connectivity index (χ4n) is 3.78. The van der Waals surface area contributed by atoms with Crippen LogP contribution in [0.1, 0.15) is 53.3 Å². The van der Waals surface area contributed by atoms with E-state index in [1.165, 1.54) is 23.5 Å². The number of thiazole rings is 1. The molecule has 4 rings (SSSR count). The fraction of sp³-hybridized carbons (Fsp3) is 0.435. The van der Waals surface area contributed by atoms with Crippen LogP contribution in [0.15, 0.2) is 29.8 Å². The van der Waals surface area contributed by atoms with Crippen molar-refractivity contribution in [1.29, 1.82) is 0 Å². The van der Waals surface area contributed by atoms with Gasteiger partial charge in [-0.15, -0.1) is 11.3 Å². The monoisotopic (exact) mass is 459 g/mol. The summed E-state index contributed by atoms with van der Waals surface area (Å²) in [4.78, 5) is 35.0. The normalized spacial score (nSPS) is 15.7. The van der Waals surface area contributed by atoms with E-state index in [1.54, 1.807) is 17.6 Å². The molecule has 2 aromatic heterocycles. The molecule has 1 fully saturated rings. The third-order valence-corrected chi connectivity index (χ3v) is 6.40. The van der Waals surface area contributed by atoms with Gasteiger partial charge in [0.05, 0.1) is 24.5 Å². The predicted octanol–water partition coefficient (Wildman–Crippen LogP) is 4.10. The molecule has 0 aliphatic carbocycles. The smallest absolute Gasteiger partial charge is 0.306 e. The SMILES string of the molecule is CC[C@H](OC(=O)CCCN1CCOCC1)c1csc(C(=O)c2c[nH]c3cc(F)ccc23)n1. The molecular weight excluding hydrogens is 433 g/mol. The van der Waals surface area contributed by atoms with Gasteiger partial charge in [0.15, 0.2) is 5.01 Å². The Kier molecular flexibility index (Phi) is 7.29. The lowest BCUT2D eigenvalue weighted by atomic mass is 10.1. The second-order valence-corrected chi connectivity index (χ2v) is 8.60. The molecule has 3 aromatic rings. The Hall–Kier alpha value is -2.62. The number of carbonyl (C=O) groups is 2. The number of morpholine rings is 1. The Bertz CT molecular complexity index is 1090. The highest BCUT2D eigenvalue weighted by molar-refractivity contribution is 7.12. The molecule has 0 radical (unpaired) electrons. The number of carbonyl (C=O) groups excluding carboxylic acids is 2. The first-order chi connectivity index (χ1) is 15.5. The van der Waals surface area contributed by atoms with E-state index in [9.17, 15) is 14.0 Å². The summed E-state index contributed by atoms with van der Waals surface area (Å²) in [5, 5.41) is 2.72. The van der Waals surface area contributed by atoms with E-state index >= 15 is 0 Å². The highest BCUT2D eigenvalue weighted by Gasteiger charge is 2.23. The fourth-order valence-corrected chi connectivity index (χ4v) is 4.59. The van der Waals surface area contributed by atoms with E-state index in [0.717, 1.165) is 39.3 Å². The lowest BCUT2D eigenvalue weighted by molar-refractivity contribution is -0.150. The number of benzene rings is 1. The number of hydrogen-bond donors (Lipinski definition) is 1. The molecule has 7 nitrogen and oxygen atoms in total. The highest BCUT2D eigenvalue weighted by Crippen LogP contribution is 2.27. The maximum absolute atomic E-state index is 13.4. The Labute approximate surface area is 189 Å². The number of aromatic amines is 1. The first-order valence-corrected chi connectivity index (χ1v) is 11.7. The third kappa shape index (κ3) is 5.23. The van der Waals surface area contributed by atoms with Crippen LogP contribution >= 0.6 is 11.3 Å². The summed E-state index contributed by atoms with van der Waals surface area (Å²) < 4.78 is 24.4. The van der Waals surface area contributed by atoms with Gasteiger partial charge in [-0.3, -0.25) is 14.5 Å². The summed E-state index contributed by atoms with van der Waals surface area (Å²) >= 11 is 1.22. The van der Waals surface area contributed by atoms with E-state index in [2.05, 4.69) is 14.9 Å². The molecule has 0 amide bonds. The molecule has 1 N–H and O–H groups in total. The molecule has 1 atom stereocenters. The molecule has 0 bridgehead atoms. The summed E-state index contributed by atoms with van der Waals surface area (Å²) in [6.07, 6.45) is 2.73. The maximum atomic E-state index is 13.4. The van der Waals surface area contributed by atoms with Gasteiger partial charge in [-0.25, -0.2) is 9.37 Å². The van der Waals surface area contributed by atoms with E-state index in [-0.39, 0.29) is 17.6 Å². The van der Waals surface area contributed by atoms with Crippen molar-refractivity contribution in [3.63, 3.8) is 0 Å². The van der Waals surface area contributed by atoms with Crippen LogP contribution in [0.4, 0.5) is 4.39 Å². The van der Waals surface area contributed by atoms with Gasteiger partial charge in [0.2, 0.25) is 5.78 Å². The molecule has 170 valence electrons. The number of rotatable bonds is 9. The van der Waals surface area contributed by atoms with Gasteiger partial charge in [-0.2, -0.15) is 0 Å². The number of nitrogens with zero attached hydrogens (tertiary/aromatic N) is 2. The molecule has 1 aromatic carbocycles. The van der Waals surface area contributed by atoms with Gasteiger partial charge in [0.1, 0.15) is 11.9 Å². The van der Waals surface area contributed by atoms with E-state index in [4.69, 9.17) is 9.47 Å². The first-order valence-electron chi connectivity index (χ1n) is 10.8. The topological polar surface area (TPSA) is 84.5 Å². The van der Waals surface area contributed by atoms with Gasteiger partial charge >= 0.3 is 5.97 Å². The summed E-state index contributed by atoms with van der Waals surface area (Å²) in [6.45, 7) is 6.03. The minimum absolute atomic E-state index is 0.245. The first kappa shape index (κ1) is 22.6. The Morgan fingerprint density at radius 2 is 2.16 bits per heavy atom. The zero-order valence-electron chi connectivity index (χ0n) is 17.9. The summed E-state index contributed by atoms with van der Waals surface area (Å²) in [6, 6.07) is 4.26. The number of hydrogen-bond acceptors (Lipinski definition) is 7. The largest absolute Gasteiger partial charge is 0.456 e. The number of halogens is 1. The molecule has 3 heterocycles. The number of esters is 1. The van der Waals surface area contributed by atoms with Crippen LogP contribution in [-0.4, -0.2) is 59.5 Å². The number of fused-ring (bicyclic) bond motifs is 1. The number of ether oxygens (including phenoxy) is 2. The minimum atomic E-state index is -0.485. The zero-order valence-corrected chi connectivity index (χ0v) is 18.8. The van der Waals surface area contributed by atoms with Gasteiger partial charge < -0.3 is 14.5 Å². The zero-order chi connectivity index (χ0) is 22.5.